The molecule has 0 spiro atoms. The van der Waals surface area contributed by atoms with E-state index in [1.807, 2.05) is 6.92 Å². The number of hydrogen-bond acceptors (Lipinski definition) is 5. The molecule has 1 aliphatic carbocycles. The number of hydrogen-bond donors (Lipinski definition) is 0. The van der Waals surface area contributed by atoms with Crippen LogP contribution in [0.3, 0.4) is 0 Å². The maximum absolute atomic E-state index is 12.8. The Hall–Kier alpha value is -2.23. The SMILES string of the molecule is Cc1ccc(S(=O)(=O)OCC2CCc3sc(-c4ccc(C(F)(F)F)cc4)nc32)cc1. The number of aryl methyl sites for hydroxylation is 2. The minimum Gasteiger partial charge on any atom is -0.266 e. The molecule has 3 aromatic rings. The molecule has 0 saturated carbocycles. The third-order valence-corrected chi connectivity index (χ3v) is 7.50. The van der Waals surface area contributed by atoms with E-state index in [0.29, 0.717) is 10.6 Å². The van der Waals surface area contributed by atoms with Gasteiger partial charge >= 0.3 is 6.18 Å². The second kappa shape index (κ2) is 7.79. The molecule has 4 nitrogen and oxygen atoms in total. The molecule has 0 fully saturated rings. The van der Waals surface area contributed by atoms with Crippen LogP contribution in [-0.2, 0) is 26.9 Å². The fraction of sp³-hybridized carbons (Fsp3) is 0.286. The third-order valence-electron chi connectivity index (χ3n) is 5.03. The lowest BCUT2D eigenvalue weighted by Crippen LogP contribution is -2.12. The maximum atomic E-state index is 12.8. The van der Waals surface area contributed by atoms with Crippen LogP contribution in [0.1, 0.15) is 34.0 Å². The highest BCUT2D eigenvalue weighted by atomic mass is 32.2. The minimum absolute atomic E-state index is 0.0145. The van der Waals surface area contributed by atoms with Crippen molar-refractivity contribution >= 4 is 21.5 Å². The van der Waals surface area contributed by atoms with Crippen molar-refractivity contribution in [2.45, 2.75) is 36.8 Å². The first kappa shape index (κ1) is 21.0. The van der Waals surface area contributed by atoms with Gasteiger partial charge in [-0.3, -0.25) is 4.18 Å². The Morgan fingerprint density at radius 2 is 1.77 bits per heavy atom. The molecular formula is C21H18F3NO3S2. The summed E-state index contributed by atoms with van der Waals surface area (Å²) in [5.41, 5.74) is 1.62. The van der Waals surface area contributed by atoms with Gasteiger partial charge in [-0.15, -0.1) is 11.3 Å². The number of halogens is 3. The van der Waals surface area contributed by atoms with Gasteiger partial charge in [-0.1, -0.05) is 29.8 Å². The van der Waals surface area contributed by atoms with Crippen LogP contribution in [0.2, 0.25) is 0 Å². The Bertz CT molecular complexity index is 1150. The lowest BCUT2D eigenvalue weighted by atomic mass is 10.1. The van der Waals surface area contributed by atoms with Crippen LogP contribution in [0, 0.1) is 6.92 Å². The van der Waals surface area contributed by atoms with Gasteiger partial charge in [-0.25, -0.2) is 4.98 Å². The van der Waals surface area contributed by atoms with E-state index in [9.17, 15) is 21.6 Å². The summed E-state index contributed by atoms with van der Waals surface area (Å²) in [4.78, 5) is 5.71. The predicted molar refractivity (Wildman–Crippen MR) is 108 cm³/mol. The van der Waals surface area contributed by atoms with E-state index in [0.717, 1.165) is 41.1 Å². The molecular weight excluding hydrogens is 435 g/mol. The highest BCUT2D eigenvalue weighted by molar-refractivity contribution is 7.86. The van der Waals surface area contributed by atoms with E-state index in [-0.39, 0.29) is 17.4 Å². The zero-order valence-corrected chi connectivity index (χ0v) is 17.6. The molecule has 0 amide bonds. The van der Waals surface area contributed by atoms with Crippen molar-refractivity contribution in [3.63, 3.8) is 0 Å². The van der Waals surface area contributed by atoms with Gasteiger partial charge in [0.2, 0.25) is 0 Å². The number of alkyl halides is 3. The molecule has 0 N–H and O–H groups in total. The molecule has 1 unspecified atom stereocenters. The molecule has 2 aromatic carbocycles. The largest absolute Gasteiger partial charge is 0.416 e. The van der Waals surface area contributed by atoms with Crippen LogP contribution in [-0.4, -0.2) is 20.0 Å². The second-order valence-electron chi connectivity index (χ2n) is 7.19. The number of nitrogens with zero attached hydrogens (tertiary/aromatic N) is 1. The predicted octanol–water partition coefficient (Wildman–Crippen LogP) is 5.57. The average Bonchev–Trinajstić information content (AvgIpc) is 3.27. The molecule has 0 aliphatic heterocycles. The van der Waals surface area contributed by atoms with Crippen LogP contribution in [0.15, 0.2) is 53.4 Å². The topological polar surface area (TPSA) is 56.3 Å². The summed E-state index contributed by atoms with van der Waals surface area (Å²) < 4.78 is 68.4. The van der Waals surface area contributed by atoms with Crippen LogP contribution in [0.4, 0.5) is 13.2 Å². The quantitative estimate of drug-likeness (QED) is 0.474. The van der Waals surface area contributed by atoms with Crippen molar-refractivity contribution in [1.29, 1.82) is 0 Å². The number of benzene rings is 2. The van der Waals surface area contributed by atoms with Gasteiger partial charge in [0.05, 0.1) is 22.8 Å². The fourth-order valence-electron chi connectivity index (χ4n) is 3.34. The maximum Gasteiger partial charge on any atom is 0.416 e. The summed E-state index contributed by atoms with van der Waals surface area (Å²) in [6, 6.07) is 11.3. The van der Waals surface area contributed by atoms with Gasteiger partial charge in [-0.2, -0.15) is 21.6 Å². The number of aromatic nitrogens is 1. The lowest BCUT2D eigenvalue weighted by Gasteiger charge is -2.11. The zero-order chi connectivity index (χ0) is 21.5. The first-order valence-corrected chi connectivity index (χ1v) is 11.5. The normalized spacial score (nSPS) is 16.6. The van der Waals surface area contributed by atoms with E-state index < -0.39 is 21.9 Å². The van der Waals surface area contributed by atoms with E-state index in [2.05, 4.69) is 4.98 Å². The van der Waals surface area contributed by atoms with Crippen molar-refractivity contribution in [3.8, 4) is 10.6 Å². The summed E-state index contributed by atoms with van der Waals surface area (Å²) in [7, 11) is -3.86. The van der Waals surface area contributed by atoms with Crippen LogP contribution in [0.5, 0.6) is 0 Å². The molecule has 1 heterocycles. The smallest absolute Gasteiger partial charge is 0.266 e. The second-order valence-corrected chi connectivity index (χ2v) is 9.89. The lowest BCUT2D eigenvalue weighted by molar-refractivity contribution is -0.137. The molecule has 9 heteroatoms. The van der Waals surface area contributed by atoms with Crippen molar-refractivity contribution in [3.05, 3.63) is 70.2 Å². The monoisotopic (exact) mass is 453 g/mol. The number of thiazole rings is 1. The van der Waals surface area contributed by atoms with Gasteiger partial charge in [0, 0.05) is 16.4 Å². The van der Waals surface area contributed by atoms with Gasteiger partial charge in [0.15, 0.2) is 0 Å². The van der Waals surface area contributed by atoms with E-state index >= 15 is 0 Å². The Morgan fingerprint density at radius 1 is 1.10 bits per heavy atom. The number of fused-ring (bicyclic) bond motifs is 1. The van der Waals surface area contributed by atoms with E-state index in [1.54, 1.807) is 12.1 Å². The van der Waals surface area contributed by atoms with Crippen molar-refractivity contribution in [2.24, 2.45) is 0 Å². The summed E-state index contributed by atoms with van der Waals surface area (Å²) >= 11 is 1.43. The molecule has 158 valence electrons. The zero-order valence-electron chi connectivity index (χ0n) is 15.9. The highest BCUT2D eigenvalue weighted by Crippen LogP contribution is 2.40. The molecule has 0 bridgehead atoms. The van der Waals surface area contributed by atoms with Gasteiger partial charge in [-0.05, 0) is 44.0 Å². The molecule has 0 radical (unpaired) electrons. The standard InChI is InChI=1S/C21H18F3NO3S2/c1-13-2-9-17(10-3-13)30(26,27)28-12-15-6-11-18-19(15)25-20(29-18)14-4-7-16(8-5-14)21(22,23)24/h2-5,7-10,15H,6,11-12H2,1H3. The van der Waals surface area contributed by atoms with Crippen LogP contribution < -0.4 is 0 Å². The first-order chi connectivity index (χ1) is 14.1. The first-order valence-electron chi connectivity index (χ1n) is 9.27. The summed E-state index contributed by atoms with van der Waals surface area (Å²) in [5, 5.41) is 0.625. The molecule has 1 atom stereocenters. The van der Waals surface area contributed by atoms with E-state index in [4.69, 9.17) is 4.18 Å². The van der Waals surface area contributed by atoms with E-state index in [1.165, 1.54) is 35.6 Å². The van der Waals surface area contributed by atoms with Crippen molar-refractivity contribution < 1.29 is 25.8 Å². The molecule has 1 aromatic heterocycles. The Kier molecular flexibility index (Phi) is 5.46. The van der Waals surface area contributed by atoms with Crippen LogP contribution >= 0.6 is 11.3 Å². The third kappa shape index (κ3) is 4.28. The van der Waals surface area contributed by atoms with Gasteiger partial charge in [0.25, 0.3) is 10.1 Å². The molecule has 1 aliphatic rings. The Labute approximate surface area is 176 Å². The van der Waals surface area contributed by atoms with Crippen molar-refractivity contribution in [1.82, 2.24) is 4.98 Å². The summed E-state index contributed by atoms with van der Waals surface area (Å²) in [5.74, 6) is -0.167. The van der Waals surface area contributed by atoms with Gasteiger partial charge in [0.1, 0.15) is 5.01 Å². The Balaban J connectivity index is 1.48. The minimum atomic E-state index is -4.38. The molecule has 30 heavy (non-hydrogen) atoms. The number of rotatable bonds is 5. The summed E-state index contributed by atoms with van der Waals surface area (Å²) in [6.45, 7) is 1.85. The van der Waals surface area contributed by atoms with Gasteiger partial charge < -0.3 is 0 Å². The molecule has 0 saturated heterocycles. The average molecular weight is 454 g/mol. The highest BCUT2D eigenvalue weighted by Gasteiger charge is 2.31. The van der Waals surface area contributed by atoms with Crippen LogP contribution in [0.25, 0.3) is 10.6 Å². The summed E-state index contributed by atoms with van der Waals surface area (Å²) in [6.07, 6.45) is -2.91. The molecule has 4 rings (SSSR count). The Morgan fingerprint density at radius 3 is 2.40 bits per heavy atom. The fourth-order valence-corrected chi connectivity index (χ4v) is 5.45. The van der Waals surface area contributed by atoms with Crippen molar-refractivity contribution in [2.75, 3.05) is 6.61 Å².